The van der Waals surface area contributed by atoms with Crippen LogP contribution in [0, 0.1) is 0 Å². The second-order valence-corrected chi connectivity index (χ2v) is 4.15. The normalized spacial score (nSPS) is 13.8. The molecule has 1 fully saturated rings. The van der Waals surface area contributed by atoms with Crippen molar-refractivity contribution in [3.05, 3.63) is 42.2 Å². The Balaban J connectivity index is 2.05. The highest BCUT2D eigenvalue weighted by molar-refractivity contribution is 5.96. The molecule has 5 heteroatoms. The molecule has 1 aliphatic carbocycles. The van der Waals surface area contributed by atoms with E-state index in [1.54, 1.807) is 24.3 Å². The van der Waals surface area contributed by atoms with E-state index in [1.165, 1.54) is 0 Å². The largest absolute Gasteiger partial charge is 0.348 e. The topological polar surface area (TPSA) is 71.1 Å². The van der Waals surface area contributed by atoms with Crippen molar-refractivity contribution < 1.29 is 9.59 Å². The molecule has 2 N–H and O–H groups in total. The van der Waals surface area contributed by atoms with Gasteiger partial charge in [-0.15, -0.1) is 6.58 Å². The molecule has 1 aromatic rings. The highest BCUT2D eigenvalue weighted by Gasteiger charge is 2.24. The molecule has 94 valence electrons. The smallest absolute Gasteiger partial charge is 0.270 e. The van der Waals surface area contributed by atoms with Gasteiger partial charge in [0.05, 0.1) is 0 Å². The summed E-state index contributed by atoms with van der Waals surface area (Å²) >= 11 is 0. The molecule has 5 nitrogen and oxygen atoms in total. The zero-order chi connectivity index (χ0) is 13.0. The molecule has 0 aliphatic heterocycles. The van der Waals surface area contributed by atoms with E-state index in [9.17, 15) is 9.59 Å². The third kappa shape index (κ3) is 3.16. The van der Waals surface area contributed by atoms with Crippen LogP contribution in [-0.2, 0) is 0 Å². The zero-order valence-electron chi connectivity index (χ0n) is 9.98. The van der Waals surface area contributed by atoms with Crippen molar-refractivity contribution in [2.24, 2.45) is 0 Å². The Morgan fingerprint density at radius 1 is 1.33 bits per heavy atom. The number of nitrogens with zero attached hydrogens (tertiary/aromatic N) is 1. The number of hydrogen-bond donors (Lipinski definition) is 2. The Bertz CT molecular complexity index is 481. The predicted molar refractivity (Wildman–Crippen MR) is 67.3 cm³/mol. The minimum absolute atomic E-state index is 0.226. The van der Waals surface area contributed by atoms with Crippen LogP contribution in [0.3, 0.4) is 0 Å². The van der Waals surface area contributed by atoms with Gasteiger partial charge in [-0.05, 0) is 25.0 Å². The quantitative estimate of drug-likeness (QED) is 0.757. The first-order valence-electron chi connectivity index (χ1n) is 5.87. The summed E-state index contributed by atoms with van der Waals surface area (Å²) in [5, 5.41) is 5.45. The summed E-state index contributed by atoms with van der Waals surface area (Å²) in [6, 6.07) is 5.10. The molecule has 1 heterocycles. The minimum Gasteiger partial charge on any atom is -0.348 e. The van der Waals surface area contributed by atoms with Gasteiger partial charge < -0.3 is 10.6 Å². The molecule has 0 atom stereocenters. The predicted octanol–water partition coefficient (Wildman–Crippen LogP) is 0.890. The Morgan fingerprint density at radius 2 is 2.00 bits per heavy atom. The van der Waals surface area contributed by atoms with E-state index in [-0.39, 0.29) is 29.2 Å². The van der Waals surface area contributed by atoms with Crippen molar-refractivity contribution >= 4 is 11.8 Å². The molecule has 2 rings (SSSR count). The Labute approximate surface area is 105 Å². The van der Waals surface area contributed by atoms with E-state index in [0.29, 0.717) is 6.54 Å². The zero-order valence-corrected chi connectivity index (χ0v) is 9.98. The maximum absolute atomic E-state index is 11.8. The molecule has 0 bridgehead atoms. The van der Waals surface area contributed by atoms with E-state index >= 15 is 0 Å². The first-order chi connectivity index (χ1) is 8.70. The van der Waals surface area contributed by atoms with Crippen LogP contribution in [0.25, 0.3) is 0 Å². The summed E-state index contributed by atoms with van der Waals surface area (Å²) in [6.45, 7) is 3.89. The molecule has 2 amide bonds. The molecular weight excluding hydrogens is 230 g/mol. The van der Waals surface area contributed by atoms with Crippen molar-refractivity contribution in [3.8, 4) is 0 Å². The van der Waals surface area contributed by atoms with Gasteiger partial charge in [0.15, 0.2) is 0 Å². The van der Waals surface area contributed by atoms with Crippen molar-refractivity contribution in [3.63, 3.8) is 0 Å². The summed E-state index contributed by atoms with van der Waals surface area (Å²) in [4.78, 5) is 27.5. The molecule has 1 aromatic heterocycles. The lowest BCUT2D eigenvalue weighted by Crippen LogP contribution is -2.28. The van der Waals surface area contributed by atoms with Crippen LogP contribution in [0.2, 0.25) is 0 Å². The number of rotatable bonds is 5. The van der Waals surface area contributed by atoms with Crippen LogP contribution in [0.4, 0.5) is 0 Å². The third-order valence-corrected chi connectivity index (χ3v) is 2.53. The van der Waals surface area contributed by atoms with E-state index in [2.05, 4.69) is 22.2 Å². The van der Waals surface area contributed by atoms with Crippen LogP contribution >= 0.6 is 0 Å². The fourth-order valence-electron chi connectivity index (χ4n) is 1.43. The lowest BCUT2D eigenvalue weighted by molar-refractivity contribution is 0.0944. The molecule has 1 aliphatic rings. The maximum atomic E-state index is 11.8. The van der Waals surface area contributed by atoms with Crippen LogP contribution < -0.4 is 10.6 Å². The molecule has 0 spiro atoms. The molecular formula is C13H15N3O2. The Morgan fingerprint density at radius 3 is 2.61 bits per heavy atom. The van der Waals surface area contributed by atoms with Gasteiger partial charge in [0.1, 0.15) is 11.4 Å². The first-order valence-corrected chi connectivity index (χ1v) is 5.87. The molecule has 0 radical (unpaired) electrons. The van der Waals surface area contributed by atoms with Crippen LogP contribution in [0.5, 0.6) is 0 Å². The summed E-state index contributed by atoms with van der Waals surface area (Å²) in [5.74, 6) is -0.535. The van der Waals surface area contributed by atoms with E-state index in [1.807, 2.05) is 0 Å². The van der Waals surface area contributed by atoms with Crippen molar-refractivity contribution in [2.75, 3.05) is 6.54 Å². The van der Waals surface area contributed by atoms with Gasteiger partial charge in [-0.25, -0.2) is 4.98 Å². The molecule has 0 unspecified atom stereocenters. The lowest BCUT2D eigenvalue weighted by atomic mass is 10.2. The highest BCUT2D eigenvalue weighted by atomic mass is 16.2. The number of carbonyl (C=O) groups excluding carboxylic acids is 2. The van der Waals surface area contributed by atoms with Gasteiger partial charge in [0.2, 0.25) is 0 Å². The van der Waals surface area contributed by atoms with Gasteiger partial charge in [0.25, 0.3) is 11.8 Å². The van der Waals surface area contributed by atoms with Crippen molar-refractivity contribution in [2.45, 2.75) is 18.9 Å². The summed E-state index contributed by atoms with van der Waals surface area (Å²) in [5.41, 5.74) is 0.508. The van der Waals surface area contributed by atoms with Crippen LogP contribution in [0.15, 0.2) is 30.9 Å². The number of nitrogens with one attached hydrogen (secondary N) is 2. The van der Waals surface area contributed by atoms with E-state index in [0.717, 1.165) is 12.8 Å². The number of carbonyl (C=O) groups is 2. The number of pyridine rings is 1. The van der Waals surface area contributed by atoms with Gasteiger partial charge in [0, 0.05) is 12.6 Å². The average molecular weight is 245 g/mol. The Hall–Kier alpha value is -2.17. The number of aromatic nitrogens is 1. The number of hydrogen-bond acceptors (Lipinski definition) is 3. The molecule has 1 saturated carbocycles. The first kappa shape index (κ1) is 12.3. The summed E-state index contributed by atoms with van der Waals surface area (Å²) in [6.07, 6.45) is 3.62. The van der Waals surface area contributed by atoms with Crippen molar-refractivity contribution in [1.29, 1.82) is 0 Å². The van der Waals surface area contributed by atoms with Crippen molar-refractivity contribution in [1.82, 2.24) is 15.6 Å². The Kier molecular flexibility index (Phi) is 3.72. The fourth-order valence-corrected chi connectivity index (χ4v) is 1.43. The van der Waals surface area contributed by atoms with E-state index < -0.39 is 0 Å². The fraction of sp³-hybridized carbons (Fsp3) is 0.308. The standard InChI is InChI=1S/C13H15N3O2/c1-2-8-14-12(17)10-4-3-5-11(16-10)13(18)15-9-6-7-9/h2-5,9H,1,6-8H2,(H,14,17)(H,15,18). The molecule has 0 aromatic carbocycles. The molecule has 0 saturated heterocycles. The van der Waals surface area contributed by atoms with Crippen LogP contribution in [0.1, 0.15) is 33.8 Å². The third-order valence-electron chi connectivity index (χ3n) is 2.53. The van der Waals surface area contributed by atoms with Gasteiger partial charge in [-0.2, -0.15) is 0 Å². The monoisotopic (exact) mass is 245 g/mol. The number of amides is 2. The SMILES string of the molecule is C=CCNC(=O)c1cccc(C(=O)NC2CC2)n1. The minimum atomic E-state index is -0.309. The van der Waals surface area contributed by atoms with Gasteiger partial charge >= 0.3 is 0 Å². The molecule has 18 heavy (non-hydrogen) atoms. The summed E-state index contributed by atoms with van der Waals surface area (Å²) < 4.78 is 0. The van der Waals surface area contributed by atoms with Gasteiger partial charge in [-0.3, -0.25) is 9.59 Å². The van der Waals surface area contributed by atoms with Gasteiger partial charge in [-0.1, -0.05) is 12.1 Å². The maximum Gasteiger partial charge on any atom is 0.270 e. The second-order valence-electron chi connectivity index (χ2n) is 4.15. The lowest BCUT2D eigenvalue weighted by Gasteiger charge is -2.05. The van der Waals surface area contributed by atoms with E-state index in [4.69, 9.17) is 0 Å². The summed E-state index contributed by atoms with van der Waals surface area (Å²) in [7, 11) is 0. The highest BCUT2D eigenvalue weighted by Crippen LogP contribution is 2.19. The second kappa shape index (κ2) is 5.44. The van der Waals surface area contributed by atoms with Crippen LogP contribution in [-0.4, -0.2) is 29.4 Å². The average Bonchev–Trinajstić information content (AvgIpc) is 3.20.